The third-order valence-electron chi connectivity index (χ3n) is 8.18. The normalized spacial score (nSPS) is 21.5. The molecule has 2 unspecified atom stereocenters. The SMILES string of the molecule is C/C(N)=C/C(N)=Nc1nc(Nc2cc(C)c(C3CCN(C(=O)CN4C(C)CCCC4C)CC3)cc2C)ncc1Cl. The molecule has 1 amide bonds. The van der Waals surface area contributed by atoms with Crippen molar-refractivity contribution in [3.8, 4) is 0 Å². The lowest BCUT2D eigenvalue weighted by atomic mass is 9.85. The van der Waals surface area contributed by atoms with E-state index < -0.39 is 0 Å². The summed E-state index contributed by atoms with van der Waals surface area (Å²) in [6, 6.07) is 5.35. The van der Waals surface area contributed by atoms with Crippen molar-refractivity contribution >= 4 is 40.8 Å². The number of amides is 1. The monoisotopic (exact) mass is 566 g/mol. The van der Waals surface area contributed by atoms with Crippen molar-refractivity contribution in [2.24, 2.45) is 16.5 Å². The van der Waals surface area contributed by atoms with Gasteiger partial charge in [-0.05, 0) is 95.1 Å². The van der Waals surface area contributed by atoms with Crippen LogP contribution in [-0.2, 0) is 4.79 Å². The molecule has 1 aromatic heterocycles. The van der Waals surface area contributed by atoms with E-state index in [2.05, 4.69) is 69.9 Å². The Morgan fingerprint density at radius 3 is 2.45 bits per heavy atom. The number of nitrogens with one attached hydrogen (secondary N) is 1. The van der Waals surface area contributed by atoms with E-state index in [1.807, 2.05) is 0 Å². The van der Waals surface area contributed by atoms with Gasteiger partial charge in [-0.25, -0.2) is 9.98 Å². The summed E-state index contributed by atoms with van der Waals surface area (Å²) in [5.41, 5.74) is 16.7. The number of likely N-dealkylation sites (tertiary alicyclic amines) is 2. The minimum absolute atomic E-state index is 0.214. The number of rotatable bonds is 7. The van der Waals surface area contributed by atoms with Crippen LogP contribution in [-0.4, -0.2) is 63.2 Å². The smallest absolute Gasteiger partial charge is 0.236 e. The van der Waals surface area contributed by atoms with Crippen molar-refractivity contribution in [3.63, 3.8) is 0 Å². The summed E-state index contributed by atoms with van der Waals surface area (Å²) >= 11 is 6.24. The first kappa shape index (κ1) is 29.8. The van der Waals surface area contributed by atoms with E-state index in [1.165, 1.54) is 36.6 Å². The minimum atomic E-state index is 0.214. The number of carbonyl (C=O) groups excluding carboxylic acids is 1. The van der Waals surface area contributed by atoms with Gasteiger partial charge in [-0.3, -0.25) is 9.69 Å². The van der Waals surface area contributed by atoms with Crippen LogP contribution in [0.25, 0.3) is 0 Å². The van der Waals surface area contributed by atoms with Gasteiger partial charge in [0.1, 0.15) is 10.9 Å². The Labute approximate surface area is 243 Å². The zero-order valence-corrected chi connectivity index (χ0v) is 25.1. The number of carbonyl (C=O) groups is 1. The van der Waals surface area contributed by atoms with E-state index in [1.54, 1.807) is 13.0 Å². The summed E-state index contributed by atoms with van der Waals surface area (Å²) in [5, 5.41) is 3.60. The number of anilines is 2. The zero-order valence-electron chi connectivity index (χ0n) is 24.4. The lowest BCUT2D eigenvalue weighted by Crippen LogP contribution is -2.50. The minimum Gasteiger partial charge on any atom is -0.402 e. The number of piperidine rings is 2. The van der Waals surface area contributed by atoms with E-state index in [4.69, 9.17) is 23.1 Å². The fourth-order valence-corrected chi connectivity index (χ4v) is 6.03. The van der Waals surface area contributed by atoms with Crippen molar-refractivity contribution in [1.82, 2.24) is 19.8 Å². The van der Waals surface area contributed by atoms with Crippen molar-refractivity contribution < 1.29 is 4.79 Å². The first-order valence-electron chi connectivity index (χ1n) is 14.2. The fourth-order valence-electron chi connectivity index (χ4n) is 5.90. The summed E-state index contributed by atoms with van der Waals surface area (Å²) in [4.78, 5) is 30.6. The van der Waals surface area contributed by atoms with Gasteiger partial charge in [0, 0.05) is 36.6 Å². The number of hydrogen-bond acceptors (Lipinski definition) is 7. The summed E-state index contributed by atoms with van der Waals surface area (Å²) < 4.78 is 0. The Kier molecular flexibility index (Phi) is 9.68. The molecule has 4 rings (SSSR count). The second-order valence-corrected chi connectivity index (χ2v) is 11.8. The van der Waals surface area contributed by atoms with Crippen LogP contribution < -0.4 is 16.8 Å². The maximum atomic E-state index is 13.1. The zero-order chi connectivity index (χ0) is 29.0. The molecule has 0 aliphatic carbocycles. The number of nitrogens with two attached hydrogens (primary N) is 2. The Morgan fingerprint density at radius 1 is 1.12 bits per heavy atom. The van der Waals surface area contributed by atoms with E-state index in [-0.39, 0.29) is 17.6 Å². The van der Waals surface area contributed by atoms with E-state index in [9.17, 15) is 4.79 Å². The van der Waals surface area contributed by atoms with Crippen molar-refractivity contribution in [1.29, 1.82) is 0 Å². The van der Waals surface area contributed by atoms with Gasteiger partial charge in [-0.2, -0.15) is 4.98 Å². The van der Waals surface area contributed by atoms with Crippen LogP contribution in [0, 0.1) is 13.8 Å². The van der Waals surface area contributed by atoms with Gasteiger partial charge in [0.15, 0.2) is 5.82 Å². The van der Waals surface area contributed by atoms with Crippen LogP contribution in [0.1, 0.15) is 75.5 Å². The quantitative estimate of drug-likeness (QED) is 0.306. The summed E-state index contributed by atoms with van der Waals surface area (Å²) in [5.74, 6) is 1.56. The maximum Gasteiger partial charge on any atom is 0.236 e. The van der Waals surface area contributed by atoms with Crippen LogP contribution in [0.5, 0.6) is 0 Å². The Morgan fingerprint density at radius 2 is 1.80 bits per heavy atom. The molecule has 0 radical (unpaired) electrons. The number of benzene rings is 1. The highest BCUT2D eigenvalue weighted by Crippen LogP contribution is 2.34. The van der Waals surface area contributed by atoms with Crippen LogP contribution in [0.4, 0.5) is 17.5 Å². The molecule has 10 heteroatoms. The molecular weight excluding hydrogens is 524 g/mol. The average Bonchev–Trinajstić information content (AvgIpc) is 2.89. The molecule has 2 aromatic rings. The number of hydrogen-bond donors (Lipinski definition) is 3. The van der Waals surface area contributed by atoms with E-state index >= 15 is 0 Å². The lowest BCUT2D eigenvalue weighted by molar-refractivity contribution is -0.135. The molecule has 0 saturated carbocycles. The standard InChI is InChI=1S/C30H43ClN8O/c1-18-14-26(35-30-34-16-25(31)29(37-30)36-27(33)15-20(3)32)19(2)13-24(18)23-9-11-38(12-10-23)28(40)17-39-21(4)7-6-8-22(39)5/h13-16,21-23H,6-12,17,32H2,1-5H3,(H3,33,34,35,36,37)/b20-15-. The van der Waals surface area contributed by atoms with Crippen LogP contribution >= 0.6 is 11.6 Å². The van der Waals surface area contributed by atoms with Crippen LogP contribution in [0.2, 0.25) is 5.02 Å². The summed E-state index contributed by atoms with van der Waals surface area (Å²) in [6.45, 7) is 12.6. The largest absolute Gasteiger partial charge is 0.402 e. The molecule has 2 fully saturated rings. The molecule has 2 aliphatic heterocycles. The third-order valence-corrected chi connectivity index (χ3v) is 8.44. The molecule has 40 heavy (non-hydrogen) atoms. The lowest BCUT2D eigenvalue weighted by Gasteiger charge is -2.40. The van der Waals surface area contributed by atoms with Crippen LogP contribution in [0.15, 0.2) is 35.1 Å². The van der Waals surface area contributed by atoms with Gasteiger partial charge < -0.3 is 21.7 Å². The predicted molar refractivity (Wildman–Crippen MR) is 164 cm³/mol. The van der Waals surface area contributed by atoms with Gasteiger partial charge >= 0.3 is 0 Å². The number of amidine groups is 1. The predicted octanol–water partition coefficient (Wildman–Crippen LogP) is 5.31. The number of nitrogens with zero attached hydrogens (tertiary/aromatic N) is 5. The average molecular weight is 567 g/mol. The van der Waals surface area contributed by atoms with Crippen molar-refractivity contribution in [2.75, 3.05) is 25.0 Å². The first-order chi connectivity index (χ1) is 19.0. The highest BCUT2D eigenvalue weighted by Gasteiger charge is 2.30. The molecular formula is C30H43ClN8O. The number of aryl methyl sites for hydroxylation is 2. The van der Waals surface area contributed by atoms with Gasteiger partial charge in [-0.15, -0.1) is 0 Å². The van der Waals surface area contributed by atoms with E-state index in [0.717, 1.165) is 37.2 Å². The van der Waals surface area contributed by atoms with Gasteiger partial charge in [0.2, 0.25) is 11.9 Å². The van der Waals surface area contributed by atoms with Crippen LogP contribution in [0.3, 0.4) is 0 Å². The molecule has 216 valence electrons. The second-order valence-electron chi connectivity index (χ2n) is 11.4. The Hall–Kier alpha value is -3.17. The van der Waals surface area contributed by atoms with Gasteiger partial charge in [-0.1, -0.05) is 24.1 Å². The summed E-state index contributed by atoms with van der Waals surface area (Å²) in [7, 11) is 0. The third kappa shape index (κ3) is 7.31. The molecule has 2 atom stereocenters. The highest BCUT2D eigenvalue weighted by atomic mass is 35.5. The molecule has 2 aliphatic rings. The molecule has 2 saturated heterocycles. The van der Waals surface area contributed by atoms with Crippen molar-refractivity contribution in [2.45, 2.75) is 84.7 Å². The second kappa shape index (κ2) is 13.0. The molecule has 5 N–H and O–H groups in total. The summed E-state index contributed by atoms with van der Waals surface area (Å²) in [6.07, 6.45) is 8.63. The Bertz CT molecular complexity index is 1270. The molecule has 1 aromatic carbocycles. The first-order valence-corrected chi connectivity index (χ1v) is 14.6. The van der Waals surface area contributed by atoms with Crippen molar-refractivity contribution in [3.05, 3.63) is 51.8 Å². The fraction of sp³-hybridized carbons (Fsp3) is 0.533. The van der Waals surface area contributed by atoms with Gasteiger partial charge in [0.05, 0.1) is 12.7 Å². The van der Waals surface area contributed by atoms with Gasteiger partial charge in [0.25, 0.3) is 0 Å². The van der Waals surface area contributed by atoms with E-state index in [0.29, 0.717) is 41.2 Å². The highest BCUT2D eigenvalue weighted by molar-refractivity contribution is 6.32. The topological polar surface area (TPSA) is 126 Å². The number of aliphatic imine (C=N–C) groups is 1. The molecule has 0 bridgehead atoms. The molecule has 3 heterocycles. The Balaban J connectivity index is 1.40. The maximum absolute atomic E-state index is 13.1. The number of aromatic nitrogens is 2. The molecule has 9 nitrogen and oxygen atoms in total. The number of halogens is 1. The molecule has 0 spiro atoms. The number of allylic oxidation sites excluding steroid dienone is 1.